The summed E-state index contributed by atoms with van der Waals surface area (Å²) in [6.07, 6.45) is 2.95. The Labute approximate surface area is 231 Å². The van der Waals surface area contributed by atoms with E-state index in [4.69, 9.17) is 10.5 Å². The number of imidazole rings is 1. The van der Waals surface area contributed by atoms with Gasteiger partial charge in [0.1, 0.15) is 11.6 Å². The molecule has 0 bridgehead atoms. The van der Waals surface area contributed by atoms with E-state index in [9.17, 15) is 10.1 Å². The molecule has 1 unspecified atom stereocenters. The highest BCUT2D eigenvalue weighted by Gasteiger charge is 2.45. The molecule has 2 aromatic carbocycles. The molecule has 0 spiro atoms. The predicted molar refractivity (Wildman–Crippen MR) is 153 cm³/mol. The number of para-hydroxylation sites is 2. The van der Waals surface area contributed by atoms with Crippen molar-refractivity contribution >= 4 is 33.8 Å². The van der Waals surface area contributed by atoms with E-state index < -0.39 is 5.92 Å². The number of carbonyl (C=O) groups excluding carboxylic acids is 1. The van der Waals surface area contributed by atoms with Gasteiger partial charge in [-0.3, -0.25) is 9.69 Å². The third-order valence-electron chi connectivity index (χ3n) is 7.55. The summed E-state index contributed by atoms with van der Waals surface area (Å²) >= 11 is 1.57. The van der Waals surface area contributed by atoms with Crippen LogP contribution in [0.25, 0.3) is 11.0 Å². The van der Waals surface area contributed by atoms with Gasteiger partial charge < -0.3 is 15.0 Å². The number of nitrogens with two attached hydrogens (primary N) is 1. The average Bonchev–Trinajstić information content (AvgIpc) is 3.55. The Bertz CT molecular complexity index is 1700. The van der Waals surface area contributed by atoms with Gasteiger partial charge in [-0.05, 0) is 65.2 Å². The van der Waals surface area contributed by atoms with E-state index in [2.05, 4.69) is 47.0 Å². The van der Waals surface area contributed by atoms with E-state index >= 15 is 0 Å². The molecule has 0 amide bonds. The van der Waals surface area contributed by atoms with Gasteiger partial charge in [0.15, 0.2) is 5.78 Å². The summed E-state index contributed by atoms with van der Waals surface area (Å²) in [5.74, 6) is 0.678. The van der Waals surface area contributed by atoms with Crippen molar-refractivity contribution in [1.29, 1.82) is 5.26 Å². The fraction of sp³-hybridized carbons (Fsp3) is 0.258. The Morgan fingerprint density at radius 3 is 2.69 bits per heavy atom. The number of anilines is 1. The maximum absolute atomic E-state index is 13.8. The highest BCUT2D eigenvalue weighted by Crippen LogP contribution is 2.51. The van der Waals surface area contributed by atoms with E-state index in [1.165, 1.54) is 0 Å². The molecule has 39 heavy (non-hydrogen) atoms. The van der Waals surface area contributed by atoms with Gasteiger partial charge in [0, 0.05) is 34.8 Å². The van der Waals surface area contributed by atoms with Gasteiger partial charge in [-0.15, -0.1) is 11.3 Å². The SMILES string of the molecule is COc1ccc(N2C(N)=C(C#N)C(c3cc(Cn4cnc5ccccc54)cs3)C3=C2CC(C)(C)CC3=O)cc1. The first-order chi connectivity index (χ1) is 18.8. The largest absolute Gasteiger partial charge is 0.497 e. The summed E-state index contributed by atoms with van der Waals surface area (Å²) in [5.41, 5.74) is 12.4. The number of aromatic nitrogens is 2. The number of fused-ring (bicyclic) bond motifs is 1. The molecule has 0 saturated heterocycles. The molecule has 3 heterocycles. The summed E-state index contributed by atoms with van der Waals surface area (Å²) in [6.45, 7) is 4.86. The summed E-state index contributed by atoms with van der Waals surface area (Å²) in [4.78, 5) is 21.1. The zero-order valence-electron chi connectivity index (χ0n) is 22.1. The number of nitriles is 1. The number of methoxy groups -OCH3 is 1. The molecule has 6 rings (SSSR count). The molecule has 196 valence electrons. The van der Waals surface area contributed by atoms with Crippen molar-refractivity contribution in [2.75, 3.05) is 12.0 Å². The smallest absolute Gasteiger partial charge is 0.162 e. The van der Waals surface area contributed by atoms with Crippen LogP contribution in [0.1, 0.15) is 43.0 Å². The minimum Gasteiger partial charge on any atom is -0.497 e. The number of ether oxygens (including phenoxy) is 1. The first-order valence-electron chi connectivity index (χ1n) is 12.9. The maximum Gasteiger partial charge on any atom is 0.162 e. The van der Waals surface area contributed by atoms with Crippen molar-refractivity contribution in [1.82, 2.24) is 9.55 Å². The molecule has 1 aliphatic heterocycles. The Morgan fingerprint density at radius 1 is 1.18 bits per heavy atom. The topological polar surface area (TPSA) is 97.2 Å². The van der Waals surface area contributed by atoms with Gasteiger partial charge in [-0.25, -0.2) is 4.98 Å². The molecule has 0 radical (unpaired) electrons. The number of nitrogens with zero attached hydrogens (tertiary/aromatic N) is 4. The molecule has 0 fully saturated rings. The second-order valence-electron chi connectivity index (χ2n) is 10.9. The quantitative estimate of drug-likeness (QED) is 0.332. The third-order valence-corrected chi connectivity index (χ3v) is 8.60. The van der Waals surface area contributed by atoms with E-state index in [-0.39, 0.29) is 11.2 Å². The molecule has 0 saturated carbocycles. The van der Waals surface area contributed by atoms with Crippen LogP contribution >= 0.6 is 11.3 Å². The lowest BCUT2D eigenvalue weighted by Crippen LogP contribution is -2.42. The summed E-state index contributed by atoms with van der Waals surface area (Å²) < 4.78 is 7.45. The summed E-state index contributed by atoms with van der Waals surface area (Å²) in [6, 6.07) is 20.1. The lowest BCUT2D eigenvalue weighted by molar-refractivity contribution is -0.118. The van der Waals surface area contributed by atoms with E-state index in [1.807, 2.05) is 53.7 Å². The summed E-state index contributed by atoms with van der Waals surface area (Å²) in [5, 5.41) is 12.5. The Hall–Kier alpha value is -4.35. The van der Waals surface area contributed by atoms with Gasteiger partial charge in [-0.2, -0.15) is 5.26 Å². The first kappa shape index (κ1) is 25.0. The average molecular weight is 536 g/mol. The van der Waals surface area contributed by atoms with E-state index in [1.54, 1.807) is 18.4 Å². The fourth-order valence-corrected chi connectivity index (χ4v) is 6.80. The second kappa shape index (κ2) is 9.44. The number of carbonyl (C=O) groups is 1. The molecule has 8 heteroatoms. The third kappa shape index (κ3) is 4.29. The van der Waals surface area contributed by atoms with Gasteiger partial charge in [0.05, 0.1) is 42.0 Å². The van der Waals surface area contributed by atoms with Crippen LogP contribution in [0.3, 0.4) is 0 Å². The molecular formula is C31H29N5O2S. The Balaban J connectivity index is 1.45. The normalized spacial score (nSPS) is 18.9. The number of rotatable bonds is 5. The Kier molecular flexibility index (Phi) is 6.04. The maximum atomic E-state index is 13.8. The van der Waals surface area contributed by atoms with Crippen LogP contribution in [-0.4, -0.2) is 22.4 Å². The van der Waals surface area contributed by atoms with Crippen molar-refractivity contribution in [2.24, 2.45) is 11.1 Å². The van der Waals surface area contributed by atoms with Crippen LogP contribution in [0, 0.1) is 16.7 Å². The van der Waals surface area contributed by atoms with Crippen molar-refractivity contribution < 1.29 is 9.53 Å². The van der Waals surface area contributed by atoms with Crippen LogP contribution in [0.5, 0.6) is 5.75 Å². The standard InChI is InChI=1S/C31H29N5O2S/c1-31(2)13-25-29(26(37)14-31)28(22(15-32)30(33)36(25)20-8-10-21(38-3)11-9-20)27-12-19(17-39-27)16-35-18-34-23-6-4-5-7-24(23)35/h4-12,17-18,28H,13-14,16,33H2,1-3H3. The number of benzene rings is 2. The molecule has 1 aliphatic carbocycles. The van der Waals surface area contributed by atoms with E-state index in [0.717, 1.165) is 38.6 Å². The number of allylic oxidation sites excluding steroid dienone is 3. The summed E-state index contributed by atoms with van der Waals surface area (Å²) in [7, 11) is 1.62. The number of thiophene rings is 1. The number of hydrogen-bond donors (Lipinski definition) is 1. The number of ketones is 1. The van der Waals surface area contributed by atoms with Crippen molar-refractivity contribution in [3.8, 4) is 11.8 Å². The monoisotopic (exact) mass is 535 g/mol. The molecule has 2 aliphatic rings. The van der Waals surface area contributed by atoms with Crippen molar-refractivity contribution in [3.63, 3.8) is 0 Å². The zero-order chi connectivity index (χ0) is 27.3. The van der Waals surface area contributed by atoms with Crippen LogP contribution in [-0.2, 0) is 11.3 Å². The van der Waals surface area contributed by atoms with Crippen LogP contribution in [0.2, 0.25) is 0 Å². The van der Waals surface area contributed by atoms with Crippen molar-refractivity contribution in [3.05, 3.63) is 99.4 Å². The molecule has 7 nitrogen and oxygen atoms in total. The minimum absolute atomic E-state index is 0.0700. The molecule has 2 aromatic heterocycles. The van der Waals surface area contributed by atoms with Crippen LogP contribution < -0.4 is 15.4 Å². The fourth-order valence-electron chi connectivity index (χ4n) is 5.78. The highest BCUT2D eigenvalue weighted by molar-refractivity contribution is 7.10. The lowest BCUT2D eigenvalue weighted by atomic mass is 9.69. The van der Waals surface area contributed by atoms with Crippen molar-refractivity contribution in [2.45, 2.75) is 39.2 Å². The van der Waals surface area contributed by atoms with Gasteiger partial charge in [0.2, 0.25) is 0 Å². The predicted octanol–water partition coefficient (Wildman–Crippen LogP) is 6.10. The zero-order valence-corrected chi connectivity index (χ0v) is 23.0. The lowest BCUT2D eigenvalue weighted by Gasteiger charge is -2.43. The van der Waals surface area contributed by atoms with E-state index in [0.29, 0.717) is 36.4 Å². The number of Topliss-reactive ketones (excluding diaryl/α,β-unsaturated/α-hetero) is 1. The Morgan fingerprint density at radius 2 is 1.95 bits per heavy atom. The minimum atomic E-state index is -0.485. The first-order valence-corrected chi connectivity index (χ1v) is 13.7. The number of hydrogen-bond acceptors (Lipinski definition) is 7. The van der Waals surface area contributed by atoms with Gasteiger partial charge in [0.25, 0.3) is 0 Å². The molecular weight excluding hydrogens is 506 g/mol. The molecule has 1 atom stereocenters. The second-order valence-corrected chi connectivity index (χ2v) is 11.8. The molecule has 2 N–H and O–H groups in total. The highest BCUT2D eigenvalue weighted by atomic mass is 32.1. The van der Waals surface area contributed by atoms with Crippen LogP contribution in [0.15, 0.2) is 89.0 Å². The van der Waals surface area contributed by atoms with Gasteiger partial charge >= 0.3 is 0 Å². The van der Waals surface area contributed by atoms with Crippen LogP contribution in [0.4, 0.5) is 5.69 Å². The molecule has 4 aromatic rings. The van der Waals surface area contributed by atoms with Gasteiger partial charge in [-0.1, -0.05) is 26.0 Å².